The normalized spacial score (nSPS) is 10.9. The van der Waals surface area contributed by atoms with Gasteiger partial charge in [-0.2, -0.15) is 0 Å². The van der Waals surface area contributed by atoms with Crippen molar-refractivity contribution in [2.24, 2.45) is 0 Å². The average molecular weight is 294 g/mol. The number of nitrogens with zero attached hydrogens (tertiary/aromatic N) is 1. The first-order chi connectivity index (χ1) is 9.17. The largest absolute Gasteiger partial charge is 0.496 e. The van der Waals surface area contributed by atoms with Crippen molar-refractivity contribution in [1.29, 1.82) is 0 Å². The molecule has 0 fully saturated rings. The fraction of sp³-hybridized carbons (Fsp3) is 0.0714. The lowest BCUT2D eigenvalue weighted by atomic mass is 10.2. The molecule has 0 aliphatic rings. The lowest BCUT2D eigenvalue weighted by Gasteiger charge is -2.05. The second kappa shape index (κ2) is 4.76. The van der Waals surface area contributed by atoms with Crippen LogP contribution in [0.3, 0.4) is 0 Å². The molecule has 1 aromatic heterocycles. The van der Waals surface area contributed by atoms with Gasteiger partial charge in [-0.1, -0.05) is 23.2 Å². The van der Waals surface area contributed by atoms with Gasteiger partial charge in [-0.05, 0) is 30.3 Å². The summed E-state index contributed by atoms with van der Waals surface area (Å²) in [6.07, 6.45) is 0. The fourth-order valence-corrected chi connectivity index (χ4v) is 2.18. The Labute approximate surface area is 119 Å². The molecule has 0 amide bonds. The summed E-state index contributed by atoms with van der Waals surface area (Å²) in [6, 6.07) is 10.6. The predicted molar refractivity (Wildman–Crippen MR) is 76.0 cm³/mol. The Hall–Kier alpha value is -1.71. The first kappa shape index (κ1) is 12.3. The van der Waals surface area contributed by atoms with Gasteiger partial charge in [0.15, 0.2) is 5.58 Å². The monoisotopic (exact) mass is 293 g/mol. The predicted octanol–water partition coefficient (Wildman–Crippen LogP) is 4.81. The molecule has 1 heterocycles. The number of fused-ring (bicyclic) bond motifs is 1. The molecule has 0 bridgehead atoms. The van der Waals surface area contributed by atoms with Gasteiger partial charge >= 0.3 is 0 Å². The minimum atomic E-state index is 0.478. The van der Waals surface area contributed by atoms with E-state index in [4.69, 9.17) is 32.4 Å². The zero-order valence-corrected chi connectivity index (χ0v) is 11.5. The van der Waals surface area contributed by atoms with E-state index in [1.54, 1.807) is 31.4 Å². The highest BCUT2D eigenvalue weighted by Gasteiger charge is 2.13. The van der Waals surface area contributed by atoms with Crippen molar-refractivity contribution < 1.29 is 9.15 Å². The third-order valence-corrected chi connectivity index (χ3v) is 3.21. The van der Waals surface area contributed by atoms with Gasteiger partial charge < -0.3 is 9.15 Å². The summed E-state index contributed by atoms with van der Waals surface area (Å²) < 4.78 is 11.0. The maximum atomic E-state index is 5.93. The SMILES string of the molecule is COc1cc(Cl)ccc1-c1nc2ccc(Cl)cc2o1. The number of methoxy groups -OCH3 is 1. The van der Waals surface area contributed by atoms with Gasteiger partial charge in [-0.15, -0.1) is 0 Å². The summed E-state index contributed by atoms with van der Waals surface area (Å²) in [5.74, 6) is 1.09. The van der Waals surface area contributed by atoms with Crippen LogP contribution in [-0.2, 0) is 0 Å². The molecule has 0 radical (unpaired) electrons. The van der Waals surface area contributed by atoms with Gasteiger partial charge in [0.1, 0.15) is 11.3 Å². The Morgan fingerprint density at radius 2 is 1.79 bits per heavy atom. The summed E-state index contributed by atoms with van der Waals surface area (Å²) in [6.45, 7) is 0. The first-order valence-electron chi connectivity index (χ1n) is 5.57. The van der Waals surface area contributed by atoms with Crippen LogP contribution in [0, 0.1) is 0 Å². The number of halogens is 2. The van der Waals surface area contributed by atoms with Crippen LogP contribution in [0.1, 0.15) is 0 Å². The summed E-state index contributed by atoms with van der Waals surface area (Å²) in [5.41, 5.74) is 2.13. The van der Waals surface area contributed by atoms with Gasteiger partial charge in [0.05, 0.1) is 12.7 Å². The van der Waals surface area contributed by atoms with Crippen LogP contribution in [-0.4, -0.2) is 12.1 Å². The molecule has 3 nitrogen and oxygen atoms in total. The van der Waals surface area contributed by atoms with Crippen LogP contribution in [0.5, 0.6) is 5.75 Å². The third kappa shape index (κ3) is 2.27. The summed E-state index contributed by atoms with van der Waals surface area (Å²) in [5, 5.41) is 1.21. The number of oxazole rings is 1. The average Bonchev–Trinajstić information content (AvgIpc) is 2.81. The molecule has 0 atom stereocenters. The van der Waals surface area contributed by atoms with Crippen LogP contribution in [0.4, 0.5) is 0 Å². The van der Waals surface area contributed by atoms with Crippen molar-refractivity contribution in [2.45, 2.75) is 0 Å². The zero-order chi connectivity index (χ0) is 13.4. The van der Waals surface area contributed by atoms with E-state index < -0.39 is 0 Å². The molecule has 5 heteroatoms. The maximum absolute atomic E-state index is 5.93. The molecular formula is C14H9Cl2NO2. The number of rotatable bonds is 2. The van der Waals surface area contributed by atoms with E-state index >= 15 is 0 Å². The quantitative estimate of drug-likeness (QED) is 0.680. The highest BCUT2D eigenvalue weighted by atomic mass is 35.5. The fourth-order valence-electron chi connectivity index (χ4n) is 1.86. The lowest BCUT2D eigenvalue weighted by molar-refractivity contribution is 0.414. The molecule has 0 aliphatic carbocycles. The van der Waals surface area contributed by atoms with Gasteiger partial charge in [0.25, 0.3) is 0 Å². The molecule has 3 rings (SSSR count). The molecule has 2 aromatic carbocycles. The van der Waals surface area contributed by atoms with E-state index in [9.17, 15) is 0 Å². The minimum Gasteiger partial charge on any atom is -0.496 e. The second-order valence-electron chi connectivity index (χ2n) is 3.98. The van der Waals surface area contributed by atoms with E-state index in [-0.39, 0.29) is 0 Å². The molecule has 0 unspecified atom stereocenters. The number of aromatic nitrogens is 1. The Morgan fingerprint density at radius 1 is 1.05 bits per heavy atom. The van der Waals surface area contributed by atoms with Crippen molar-refractivity contribution in [3.8, 4) is 17.2 Å². The van der Waals surface area contributed by atoms with Crippen molar-refractivity contribution in [2.75, 3.05) is 7.11 Å². The van der Waals surface area contributed by atoms with E-state index in [1.807, 2.05) is 12.1 Å². The molecule has 19 heavy (non-hydrogen) atoms. The van der Waals surface area contributed by atoms with Crippen LogP contribution >= 0.6 is 23.2 Å². The highest BCUT2D eigenvalue weighted by Crippen LogP contribution is 2.34. The van der Waals surface area contributed by atoms with Crippen molar-refractivity contribution in [3.05, 3.63) is 46.4 Å². The van der Waals surface area contributed by atoms with Gasteiger partial charge in [-0.25, -0.2) is 4.98 Å². The Kier molecular flexibility index (Phi) is 3.09. The smallest absolute Gasteiger partial charge is 0.231 e. The van der Waals surface area contributed by atoms with Crippen LogP contribution in [0.15, 0.2) is 40.8 Å². The molecule has 3 aromatic rings. The lowest BCUT2D eigenvalue weighted by Crippen LogP contribution is -1.87. The Balaban J connectivity index is 2.18. The first-order valence-corrected chi connectivity index (χ1v) is 6.33. The van der Waals surface area contributed by atoms with E-state index in [0.29, 0.717) is 27.3 Å². The van der Waals surface area contributed by atoms with Crippen molar-refractivity contribution >= 4 is 34.3 Å². The van der Waals surface area contributed by atoms with Gasteiger partial charge in [-0.3, -0.25) is 0 Å². The number of hydrogen-bond acceptors (Lipinski definition) is 3. The van der Waals surface area contributed by atoms with Crippen molar-refractivity contribution in [3.63, 3.8) is 0 Å². The molecule has 0 aliphatic heterocycles. The number of benzene rings is 2. The van der Waals surface area contributed by atoms with Crippen LogP contribution in [0.2, 0.25) is 10.0 Å². The van der Waals surface area contributed by atoms with E-state index in [2.05, 4.69) is 4.98 Å². The van der Waals surface area contributed by atoms with Crippen LogP contribution < -0.4 is 4.74 Å². The third-order valence-electron chi connectivity index (χ3n) is 2.74. The number of hydrogen-bond donors (Lipinski definition) is 0. The number of ether oxygens (including phenoxy) is 1. The summed E-state index contributed by atoms with van der Waals surface area (Å²) in [4.78, 5) is 4.41. The van der Waals surface area contributed by atoms with E-state index in [0.717, 1.165) is 11.1 Å². The Morgan fingerprint density at radius 3 is 2.58 bits per heavy atom. The van der Waals surface area contributed by atoms with Crippen molar-refractivity contribution in [1.82, 2.24) is 4.98 Å². The van der Waals surface area contributed by atoms with Gasteiger partial charge in [0, 0.05) is 16.1 Å². The molecule has 0 N–H and O–H groups in total. The minimum absolute atomic E-state index is 0.478. The van der Waals surface area contributed by atoms with Crippen LogP contribution in [0.25, 0.3) is 22.6 Å². The molecule has 0 spiro atoms. The summed E-state index contributed by atoms with van der Waals surface area (Å²) >= 11 is 11.9. The van der Waals surface area contributed by atoms with Gasteiger partial charge in [0.2, 0.25) is 5.89 Å². The zero-order valence-electron chi connectivity index (χ0n) is 9.98. The standard InChI is InChI=1S/C14H9Cl2NO2/c1-18-12-6-8(15)2-4-10(12)14-17-11-5-3-9(16)7-13(11)19-14/h2-7H,1H3. The summed E-state index contributed by atoms with van der Waals surface area (Å²) in [7, 11) is 1.58. The maximum Gasteiger partial charge on any atom is 0.231 e. The highest BCUT2D eigenvalue weighted by molar-refractivity contribution is 6.31. The molecule has 96 valence electrons. The second-order valence-corrected chi connectivity index (χ2v) is 4.85. The Bertz CT molecular complexity index is 752. The molecule has 0 saturated carbocycles. The molecular weight excluding hydrogens is 285 g/mol. The topological polar surface area (TPSA) is 35.3 Å². The molecule has 0 saturated heterocycles. The van der Waals surface area contributed by atoms with E-state index in [1.165, 1.54) is 0 Å².